The summed E-state index contributed by atoms with van der Waals surface area (Å²) < 4.78 is 6.46. The fraction of sp³-hybridized carbons (Fsp3) is 0.542. The summed E-state index contributed by atoms with van der Waals surface area (Å²) >= 11 is 12.9. The van der Waals surface area contributed by atoms with Crippen molar-refractivity contribution in [1.29, 1.82) is 5.26 Å². The molecule has 3 N–H and O–H groups in total. The van der Waals surface area contributed by atoms with Crippen molar-refractivity contribution in [2.75, 3.05) is 18.0 Å². The first-order chi connectivity index (χ1) is 16.4. The maximum absolute atomic E-state index is 9.71. The highest BCUT2D eigenvalue weighted by atomic mass is 35.5. The van der Waals surface area contributed by atoms with E-state index in [0.717, 1.165) is 36.1 Å². The molecule has 5 rings (SSSR count). The summed E-state index contributed by atoms with van der Waals surface area (Å²) in [6, 6.07) is 4.54. The van der Waals surface area contributed by atoms with Gasteiger partial charge in [0, 0.05) is 37.1 Å². The molecule has 3 aliphatic rings. The average molecular weight is 503 g/mol. The number of pyridine rings is 2. The molecule has 0 bridgehead atoms. The fourth-order valence-corrected chi connectivity index (χ4v) is 6.04. The van der Waals surface area contributed by atoms with E-state index in [2.05, 4.69) is 26.9 Å². The Kier molecular flexibility index (Phi) is 6.68. The second-order valence-electron chi connectivity index (χ2n) is 9.48. The number of hydrazine groups is 1. The van der Waals surface area contributed by atoms with Crippen LogP contribution in [-0.4, -0.2) is 46.4 Å². The summed E-state index contributed by atoms with van der Waals surface area (Å²) in [6.45, 7) is 4.86. The molecule has 4 unspecified atom stereocenters. The highest BCUT2D eigenvalue weighted by Gasteiger charge is 2.42. The number of β-amino-alcohol motifs (C(OH)–C–C–N with tert-alkyl or cyclic N) is 1. The number of fused-ring (bicyclic) bond motifs is 1. The van der Waals surface area contributed by atoms with Gasteiger partial charge in [0.2, 0.25) is 0 Å². The molecule has 34 heavy (non-hydrogen) atoms. The van der Waals surface area contributed by atoms with Crippen LogP contribution in [-0.2, 0) is 4.74 Å². The molecule has 5 atom stereocenters. The monoisotopic (exact) mass is 502 g/mol. The van der Waals surface area contributed by atoms with Crippen LogP contribution in [0.3, 0.4) is 0 Å². The number of ether oxygens (including phenoxy) is 1. The molecule has 0 spiro atoms. The zero-order valence-corrected chi connectivity index (χ0v) is 20.6. The van der Waals surface area contributed by atoms with E-state index >= 15 is 0 Å². The second-order valence-corrected chi connectivity index (χ2v) is 10.3. The van der Waals surface area contributed by atoms with Crippen molar-refractivity contribution in [1.82, 2.24) is 20.8 Å². The Hall–Kier alpha value is -1.99. The number of nitrogens with zero attached hydrogens (tertiary/aromatic N) is 4. The SMILES string of the molecule is Cc1ncc(Cl)c([C@@H](C)OC2CCC3NNC(c4cnc(N5CC(O)C5)c(C#N)c4)C3C2)c1Cl. The van der Waals surface area contributed by atoms with Gasteiger partial charge >= 0.3 is 0 Å². The maximum Gasteiger partial charge on any atom is 0.146 e. The Labute approximate surface area is 209 Å². The van der Waals surface area contributed by atoms with Crippen molar-refractivity contribution in [2.45, 2.75) is 63.5 Å². The third-order valence-electron chi connectivity index (χ3n) is 7.22. The van der Waals surface area contributed by atoms with Gasteiger partial charge in [-0.2, -0.15) is 5.26 Å². The molecular weight excluding hydrogens is 475 g/mol. The van der Waals surface area contributed by atoms with Gasteiger partial charge in [-0.3, -0.25) is 10.4 Å². The first kappa shape index (κ1) is 23.7. The lowest BCUT2D eigenvalue weighted by Gasteiger charge is -2.37. The van der Waals surface area contributed by atoms with Crippen molar-refractivity contribution >= 4 is 29.0 Å². The number of aliphatic hydroxyl groups is 1. The van der Waals surface area contributed by atoms with Crippen LogP contribution in [0.15, 0.2) is 18.5 Å². The van der Waals surface area contributed by atoms with E-state index in [1.165, 1.54) is 0 Å². The molecule has 1 aliphatic carbocycles. The van der Waals surface area contributed by atoms with E-state index in [4.69, 9.17) is 27.9 Å². The van der Waals surface area contributed by atoms with Crippen molar-refractivity contribution in [3.8, 4) is 6.07 Å². The summed E-state index contributed by atoms with van der Waals surface area (Å²) in [5.41, 5.74) is 9.88. The number of nitrogens with one attached hydrogen (secondary N) is 2. The van der Waals surface area contributed by atoms with Crippen LogP contribution in [0.2, 0.25) is 10.0 Å². The number of hydrogen-bond acceptors (Lipinski definition) is 8. The third-order valence-corrected chi connectivity index (χ3v) is 8.00. The fourth-order valence-electron chi connectivity index (χ4n) is 5.39. The van der Waals surface area contributed by atoms with Gasteiger partial charge in [0.15, 0.2) is 0 Å². The minimum Gasteiger partial charge on any atom is -0.389 e. The van der Waals surface area contributed by atoms with Gasteiger partial charge in [-0.05, 0) is 50.7 Å². The number of anilines is 1. The minimum atomic E-state index is -0.350. The highest BCUT2D eigenvalue weighted by Crippen LogP contribution is 2.42. The summed E-state index contributed by atoms with van der Waals surface area (Å²) in [6.07, 6.45) is 5.70. The molecule has 8 nitrogen and oxygen atoms in total. The Morgan fingerprint density at radius 2 is 2.03 bits per heavy atom. The van der Waals surface area contributed by atoms with E-state index in [1.54, 1.807) is 6.20 Å². The van der Waals surface area contributed by atoms with E-state index in [1.807, 2.05) is 31.0 Å². The standard InChI is InChI=1S/C24H28Cl2N6O2/c1-12-22(26)21(19(25)9-28-12)13(2)34-17-3-4-20-18(6-17)23(31-30-20)15-5-14(7-27)24(29-8-15)32-10-16(33)11-32/h5,8-9,13,16-18,20,23,30-31,33H,3-4,6,10-11H2,1-2H3/t13-,17?,18?,20?,23?/m1/s1. The predicted octanol–water partition coefficient (Wildman–Crippen LogP) is 3.61. The van der Waals surface area contributed by atoms with Crippen LogP contribution < -0.4 is 15.8 Å². The number of aliphatic hydroxyl groups excluding tert-OH is 1. The molecule has 2 saturated heterocycles. The zero-order chi connectivity index (χ0) is 24.0. The molecule has 0 radical (unpaired) electrons. The van der Waals surface area contributed by atoms with E-state index in [0.29, 0.717) is 46.5 Å². The molecule has 0 aromatic carbocycles. The number of hydrogen-bond donors (Lipinski definition) is 3. The maximum atomic E-state index is 9.71. The molecule has 3 fully saturated rings. The molecule has 1 saturated carbocycles. The molecule has 0 amide bonds. The van der Waals surface area contributed by atoms with Gasteiger partial charge in [0.1, 0.15) is 11.9 Å². The van der Waals surface area contributed by atoms with Gasteiger partial charge in [-0.15, -0.1) is 0 Å². The zero-order valence-electron chi connectivity index (χ0n) is 19.1. The van der Waals surface area contributed by atoms with Crippen LogP contribution in [0.4, 0.5) is 5.82 Å². The molecular formula is C24H28Cl2N6O2. The summed E-state index contributed by atoms with van der Waals surface area (Å²) in [4.78, 5) is 10.7. The van der Waals surface area contributed by atoms with Crippen molar-refractivity contribution in [2.24, 2.45) is 5.92 Å². The van der Waals surface area contributed by atoms with E-state index < -0.39 is 0 Å². The lowest BCUT2D eigenvalue weighted by molar-refractivity contribution is -0.0370. The van der Waals surface area contributed by atoms with Crippen molar-refractivity contribution in [3.05, 3.63) is 50.9 Å². The number of halogens is 2. The van der Waals surface area contributed by atoms with E-state index in [-0.39, 0.29) is 24.4 Å². The average Bonchev–Trinajstić information content (AvgIpc) is 3.22. The Balaban J connectivity index is 1.31. The topological polar surface area (TPSA) is 106 Å². The largest absolute Gasteiger partial charge is 0.389 e. The lowest BCUT2D eigenvalue weighted by atomic mass is 9.78. The molecule has 4 heterocycles. The van der Waals surface area contributed by atoms with Gasteiger partial charge in [-0.25, -0.2) is 10.4 Å². The van der Waals surface area contributed by atoms with Gasteiger partial charge < -0.3 is 14.7 Å². The highest BCUT2D eigenvalue weighted by molar-refractivity contribution is 6.36. The van der Waals surface area contributed by atoms with Crippen LogP contribution in [0.25, 0.3) is 0 Å². The number of nitriles is 1. The Morgan fingerprint density at radius 3 is 2.76 bits per heavy atom. The predicted molar refractivity (Wildman–Crippen MR) is 130 cm³/mol. The normalized spacial score (nSPS) is 27.7. The van der Waals surface area contributed by atoms with Crippen LogP contribution in [0.1, 0.15) is 60.7 Å². The van der Waals surface area contributed by atoms with E-state index in [9.17, 15) is 10.4 Å². The van der Waals surface area contributed by atoms with Crippen molar-refractivity contribution in [3.63, 3.8) is 0 Å². The van der Waals surface area contributed by atoms with Gasteiger partial charge in [0.05, 0.1) is 45.7 Å². The van der Waals surface area contributed by atoms with Crippen LogP contribution in [0, 0.1) is 24.2 Å². The Bertz CT molecular complexity index is 1120. The number of aromatic nitrogens is 2. The summed E-state index contributed by atoms with van der Waals surface area (Å²) in [7, 11) is 0. The Morgan fingerprint density at radius 1 is 1.24 bits per heavy atom. The lowest BCUT2D eigenvalue weighted by Crippen LogP contribution is -2.51. The van der Waals surface area contributed by atoms with Crippen LogP contribution in [0.5, 0.6) is 0 Å². The molecule has 2 aromatic heterocycles. The third kappa shape index (κ3) is 4.37. The van der Waals surface area contributed by atoms with Crippen LogP contribution >= 0.6 is 23.2 Å². The quantitative estimate of drug-likeness (QED) is 0.569. The summed E-state index contributed by atoms with van der Waals surface area (Å²) in [5, 5.41) is 20.4. The second kappa shape index (κ2) is 9.57. The molecule has 10 heteroatoms. The summed E-state index contributed by atoms with van der Waals surface area (Å²) in [5.74, 6) is 0.931. The molecule has 180 valence electrons. The van der Waals surface area contributed by atoms with Gasteiger partial charge in [-0.1, -0.05) is 23.2 Å². The first-order valence-electron chi connectivity index (χ1n) is 11.7. The van der Waals surface area contributed by atoms with Crippen molar-refractivity contribution < 1.29 is 9.84 Å². The first-order valence-corrected chi connectivity index (χ1v) is 12.4. The molecule has 2 aromatic rings. The minimum absolute atomic E-state index is 0.0256. The van der Waals surface area contributed by atoms with Gasteiger partial charge in [0.25, 0.3) is 0 Å². The smallest absolute Gasteiger partial charge is 0.146 e. The number of aryl methyl sites for hydroxylation is 1. The molecule has 2 aliphatic heterocycles. The number of rotatable bonds is 5.